The number of rotatable bonds is 5. The van der Waals surface area contributed by atoms with Gasteiger partial charge in [0.1, 0.15) is 6.10 Å². The molecule has 12 heavy (non-hydrogen) atoms. The van der Waals surface area contributed by atoms with Crippen molar-refractivity contribution in [3.8, 4) is 0 Å². The highest BCUT2D eigenvalue weighted by molar-refractivity contribution is 4.61. The fourth-order valence-electron chi connectivity index (χ4n) is 0.526. The summed E-state index contributed by atoms with van der Waals surface area (Å²) in [6.07, 6.45) is -10.2. The maximum absolute atomic E-state index is 11.6. The highest BCUT2D eigenvalue weighted by Gasteiger charge is 2.28. The summed E-state index contributed by atoms with van der Waals surface area (Å²) >= 11 is 0. The van der Waals surface area contributed by atoms with Gasteiger partial charge in [0.15, 0.2) is 0 Å². The molecule has 0 aliphatic heterocycles. The van der Waals surface area contributed by atoms with Gasteiger partial charge in [-0.25, -0.2) is 17.6 Å². The average Bonchev–Trinajstić information content (AvgIpc) is 1.83. The number of ether oxygens (including phenoxy) is 1. The van der Waals surface area contributed by atoms with Crippen LogP contribution in [0.15, 0.2) is 0 Å². The lowest BCUT2D eigenvalue weighted by Gasteiger charge is -2.15. The van der Waals surface area contributed by atoms with Crippen molar-refractivity contribution >= 4 is 0 Å². The summed E-state index contributed by atoms with van der Waals surface area (Å²) in [4.78, 5) is 0. The summed E-state index contributed by atoms with van der Waals surface area (Å²) in [6.45, 7) is -3.46. The van der Waals surface area contributed by atoms with Crippen molar-refractivity contribution in [1.29, 1.82) is 0 Å². The van der Waals surface area contributed by atoms with Gasteiger partial charge in [0, 0.05) is 6.42 Å². The molecule has 0 N–H and O–H groups in total. The molecule has 74 valence electrons. The molecule has 0 saturated heterocycles. The smallest absolute Gasteiger partial charge is 0.313 e. The molecule has 1 atom stereocenters. The van der Waals surface area contributed by atoms with Crippen LogP contribution >= 0.6 is 0 Å². The molecular formula is C5H6F6O. The second-order valence-corrected chi connectivity index (χ2v) is 1.90. The van der Waals surface area contributed by atoms with Crippen LogP contribution in [0.5, 0.6) is 0 Å². The largest absolute Gasteiger partial charge is 0.345 e. The summed E-state index contributed by atoms with van der Waals surface area (Å²) in [5.74, 6) is 0. The molecule has 0 heterocycles. The van der Waals surface area contributed by atoms with Crippen LogP contribution in [0.4, 0.5) is 26.3 Å². The Balaban J connectivity index is 3.87. The van der Waals surface area contributed by atoms with Gasteiger partial charge in [0.05, 0.1) is 0 Å². The maximum Gasteiger partial charge on any atom is 0.345 e. The fraction of sp³-hybridized carbons (Fsp3) is 1.00. The van der Waals surface area contributed by atoms with Crippen molar-refractivity contribution in [3.63, 3.8) is 0 Å². The first-order valence-electron chi connectivity index (χ1n) is 2.93. The first-order valence-corrected chi connectivity index (χ1v) is 2.93. The molecule has 0 fully saturated rings. The van der Waals surface area contributed by atoms with Gasteiger partial charge in [-0.2, -0.15) is 8.78 Å². The third-order valence-electron chi connectivity index (χ3n) is 0.969. The van der Waals surface area contributed by atoms with E-state index in [0.29, 0.717) is 0 Å². The molecule has 0 aromatic heterocycles. The molecule has 0 amide bonds. The van der Waals surface area contributed by atoms with Crippen LogP contribution in [-0.2, 0) is 4.74 Å². The molecule has 0 aliphatic carbocycles. The lowest BCUT2D eigenvalue weighted by atomic mass is 10.3. The van der Waals surface area contributed by atoms with Gasteiger partial charge in [-0.3, -0.25) is 0 Å². The molecule has 0 aliphatic rings. The van der Waals surface area contributed by atoms with Gasteiger partial charge in [-0.1, -0.05) is 0 Å². The molecule has 0 saturated carbocycles. The lowest BCUT2D eigenvalue weighted by Crippen LogP contribution is -2.26. The number of halogens is 6. The number of hydrogen-bond acceptors (Lipinski definition) is 1. The molecule has 0 spiro atoms. The maximum atomic E-state index is 11.6. The molecule has 0 rings (SSSR count). The highest BCUT2D eigenvalue weighted by atomic mass is 19.3. The first kappa shape index (κ1) is 11.5. The van der Waals surface area contributed by atoms with E-state index in [9.17, 15) is 26.3 Å². The van der Waals surface area contributed by atoms with E-state index in [1.165, 1.54) is 0 Å². The Morgan fingerprint density at radius 2 is 1.42 bits per heavy atom. The van der Waals surface area contributed by atoms with Crippen molar-refractivity contribution in [1.82, 2.24) is 0 Å². The minimum atomic E-state index is -3.46. The Kier molecular flexibility index (Phi) is 5.03. The zero-order valence-corrected chi connectivity index (χ0v) is 5.69. The normalized spacial score (nSPS) is 14.8. The zero-order chi connectivity index (χ0) is 9.72. The van der Waals surface area contributed by atoms with E-state index in [1.807, 2.05) is 0 Å². The Morgan fingerprint density at radius 1 is 0.917 bits per heavy atom. The van der Waals surface area contributed by atoms with E-state index in [-0.39, 0.29) is 0 Å². The molecule has 1 nitrogen and oxygen atoms in total. The Morgan fingerprint density at radius 3 is 1.67 bits per heavy atom. The van der Waals surface area contributed by atoms with E-state index >= 15 is 0 Å². The topological polar surface area (TPSA) is 9.23 Å². The highest BCUT2D eigenvalue weighted by Crippen LogP contribution is 2.17. The van der Waals surface area contributed by atoms with E-state index in [2.05, 4.69) is 4.74 Å². The van der Waals surface area contributed by atoms with E-state index in [1.54, 1.807) is 0 Å². The van der Waals surface area contributed by atoms with Gasteiger partial charge < -0.3 is 4.74 Å². The quantitative estimate of drug-likeness (QED) is 0.614. The van der Waals surface area contributed by atoms with Crippen LogP contribution < -0.4 is 0 Å². The Labute approximate surface area is 64.3 Å². The van der Waals surface area contributed by atoms with Gasteiger partial charge >= 0.3 is 6.61 Å². The van der Waals surface area contributed by atoms with Gasteiger partial charge in [-0.05, 0) is 0 Å². The standard InChI is InChI=1S/C5H6F6O/c6-3(7)1-2(4(8)9)12-5(10)11/h2-5H,1H2. The molecule has 7 heteroatoms. The van der Waals surface area contributed by atoms with Crippen molar-refractivity contribution in [2.45, 2.75) is 32.0 Å². The minimum Gasteiger partial charge on any atom is -0.313 e. The van der Waals surface area contributed by atoms with Gasteiger partial charge in [0.25, 0.3) is 6.43 Å². The Hall–Kier alpha value is -0.460. The first-order chi connectivity index (χ1) is 5.43. The van der Waals surface area contributed by atoms with Crippen LogP contribution in [0.3, 0.4) is 0 Å². The third kappa shape index (κ3) is 5.22. The third-order valence-corrected chi connectivity index (χ3v) is 0.969. The second kappa shape index (κ2) is 5.23. The number of alkyl halides is 6. The molecular weight excluding hydrogens is 190 g/mol. The average molecular weight is 196 g/mol. The molecule has 1 unspecified atom stereocenters. The Bertz CT molecular complexity index is 107. The number of hydrogen-bond donors (Lipinski definition) is 0. The predicted molar refractivity (Wildman–Crippen MR) is 27.5 cm³/mol. The van der Waals surface area contributed by atoms with E-state index < -0.39 is 32.0 Å². The van der Waals surface area contributed by atoms with Gasteiger partial charge in [-0.15, -0.1) is 0 Å². The summed E-state index contributed by atoms with van der Waals surface area (Å²) in [5, 5.41) is 0. The van der Waals surface area contributed by atoms with Crippen molar-refractivity contribution < 1.29 is 31.1 Å². The molecule has 0 radical (unpaired) electrons. The van der Waals surface area contributed by atoms with Crippen molar-refractivity contribution in [2.75, 3.05) is 0 Å². The summed E-state index contributed by atoms with van der Waals surface area (Å²) in [7, 11) is 0. The van der Waals surface area contributed by atoms with Crippen LogP contribution in [-0.4, -0.2) is 25.6 Å². The fourth-order valence-corrected chi connectivity index (χ4v) is 0.526. The van der Waals surface area contributed by atoms with Crippen LogP contribution in [0.1, 0.15) is 6.42 Å². The summed E-state index contributed by atoms with van der Waals surface area (Å²) < 4.78 is 72.0. The monoisotopic (exact) mass is 196 g/mol. The lowest BCUT2D eigenvalue weighted by molar-refractivity contribution is -0.203. The molecule has 0 bridgehead atoms. The minimum absolute atomic E-state index is 1.39. The molecule has 0 aromatic rings. The zero-order valence-electron chi connectivity index (χ0n) is 5.69. The van der Waals surface area contributed by atoms with Crippen molar-refractivity contribution in [3.05, 3.63) is 0 Å². The SMILES string of the molecule is FC(F)CC(OC(F)F)C(F)F. The summed E-state index contributed by atoms with van der Waals surface area (Å²) in [6, 6.07) is 0. The van der Waals surface area contributed by atoms with E-state index in [4.69, 9.17) is 0 Å². The summed E-state index contributed by atoms with van der Waals surface area (Å²) in [5.41, 5.74) is 0. The van der Waals surface area contributed by atoms with Crippen molar-refractivity contribution in [2.24, 2.45) is 0 Å². The van der Waals surface area contributed by atoms with Crippen LogP contribution in [0.25, 0.3) is 0 Å². The van der Waals surface area contributed by atoms with Crippen LogP contribution in [0.2, 0.25) is 0 Å². The van der Waals surface area contributed by atoms with E-state index in [0.717, 1.165) is 0 Å². The molecule has 0 aromatic carbocycles. The van der Waals surface area contributed by atoms with Crippen LogP contribution in [0, 0.1) is 0 Å². The second-order valence-electron chi connectivity index (χ2n) is 1.90. The predicted octanol–water partition coefficient (Wildman–Crippen LogP) is 2.51. The van der Waals surface area contributed by atoms with Gasteiger partial charge in [0.2, 0.25) is 6.43 Å².